The summed E-state index contributed by atoms with van der Waals surface area (Å²) in [6.45, 7) is 6.63. The average molecular weight is 225 g/mol. The second kappa shape index (κ2) is 4.08. The maximum atomic E-state index is 4.37. The van der Waals surface area contributed by atoms with Crippen molar-refractivity contribution in [1.29, 1.82) is 0 Å². The van der Waals surface area contributed by atoms with Crippen molar-refractivity contribution in [2.45, 2.75) is 52.5 Å². The molecule has 0 spiro atoms. The van der Waals surface area contributed by atoms with Crippen LogP contribution in [-0.2, 0) is 0 Å². The van der Waals surface area contributed by atoms with Crippen LogP contribution < -0.4 is 5.32 Å². The molecule has 4 heteroatoms. The third-order valence-corrected chi connectivity index (χ3v) is 4.07. The lowest BCUT2D eigenvalue weighted by Crippen LogP contribution is -2.38. The number of hydrogen-bond donors (Lipinski definition) is 1. The smallest absolute Gasteiger partial charge is 0.202 e. The van der Waals surface area contributed by atoms with Crippen LogP contribution in [0.4, 0.5) is 5.13 Å². The first-order valence-electron chi connectivity index (χ1n) is 5.65. The van der Waals surface area contributed by atoms with Gasteiger partial charge >= 0.3 is 0 Å². The van der Waals surface area contributed by atoms with Gasteiger partial charge in [-0.2, -0.15) is 4.37 Å². The van der Waals surface area contributed by atoms with Gasteiger partial charge in [-0.3, -0.25) is 0 Å². The molecule has 1 aromatic heterocycles. The van der Waals surface area contributed by atoms with Gasteiger partial charge in [0.15, 0.2) is 0 Å². The Balaban J connectivity index is 2.04. The fourth-order valence-electron chi connectivity index (χ4n) is 2.27. The molecule has 1 unspecified atom stereocenters. The van der Waals surface area contributed by atoms with Gasteiger partial charge in [-0.25, -0.2) is 4.98 Å². The molecule has 1 saturated carbocycles. The van der Waals surface area contributed by atoms with E-state index >= 15 is 0 Å². The van der Waals surface area contributed by atoms with Crippen molar-refractivity contribution < 1.29 is 0 Å². The van der Waals surface area contributed by atoms with Crippen LogP contribution in [0, 0.1) is 12.3 Å². The molecule has 3 nitrogen and oxygen atoms in total. The van der Waals surface area contributed by atoms with Gasteiger partial charge in [-0.05, 0) is 25.2 Å². The first-order chi connectivity index (χ1) is 7.08. The number of nitrogens with zero attached hydrogens (tertiary/aromatic N) is 2. The summed E-state index contributed by atoms with van der Waals surface area (Å²) in [7, 11) is 0. The Labute approximate surface area is 95.5 Å². The van der Waals surface area contributed by atoms with Gasteiger partial charge in [-0.15, -0.1) is 0 Å². The summed E-state index contributed by atoms with van der Waals surface area (Å²) in [4.78, 5) is 4.37. The van der Waals surface area contributed by atoms with Gasteiger partial charge in [0.05, 0.1) is 0 Å². The van der Waals surface area contributed by atoms with Gasteiger partial charge < -0.3 is 5.32 Å². The summed E-state index contributed by atoms with van der Waals surface area (Å²) < 4.78 is 4.20. The third kappa shape index (κ3) is 2.48. The summed E-state index contributed by atoms with van der Waals surface area (Å²) in [6, 6.07) is 0.554. The second-order valence-corrected chi connectivity index (χ2v) is 5.83. The number of hydrogen-bond acceptors (Lipinski definition) is 4. The van der Waals surface area contributed by atoms with Gasteiger partial charge in [0, 0.05) is 17.6 Å². The van der Waals surface area contributed by atoms with E-state index in [-0.39, 0.29) is 0 Å². The predicted octanol–water partition coefficient (Wildman–Crippen LogP) is 3.23. The molecule has 0 radical (unpaired) electrons. The van der Waals surface area contributed by atoms with Crippen molar-refractivity contribution in [3.8, 4) is 0 Å². The Morgan fingerprint density at radius 3 is 2.80 bits per heavy atom. The predicted molar refractivity (Wildman–Crippen MR) is 64.3 cm³/mol. The van der Waals surface area contributed by atoms with E-state index < -0.39 is 0 Å². The minimum absolute atomic E-state index is 0.387. The number of aryl methyl sites for hydroxylation is 1. The number of aromatic nitrogens is 2. The topological polar surface area (TPSA) is 37.8 Å². The first kappa shape index (κ1) is 10.9. The maximum Gasteiger partial charge on any atom is 0.202 e. The largest absolute Gasteiger partial charge is 0.357 e. The molecule has 1 atom stereocenters. The van der Waals surface area contributed by atoms with Crippen LogP contribution in [0.15, 0.2) is 0 Å². The lowest BCUT2D eigenvalue weighted by atomic mass is 9.73. The van der Waals surface area contributed by atoms with E-state index in [4.69, 9.17) is 0 Å². The van der Waals surface area contributed by atoms with E-state index in [1.165, 1.54) is 37.2 Å². The summed E-state index contributed by atoms with van der Waals surface area (Å²) in [5.74, 6) is 0.871. The number of rotatable bonds is 2. The zero-order chi connectivity index (χ0) is 10.9. The normalized spacial score (nSPS) is 25.1. The molecule has 0 amide bonds. The van der Waals surface area contributed by atoms with Gasteiger partial charge in [0.25, 0.3) is 0 Å². The van der Waals surface area contributed by atoms with Crippen LogP contribution in [0.25, 0.3) is 0 Å². The van der Waals surface area contributed by atoms with Crippen molar-refractivity contribution >= 4 is 16.7 Å². The molecule has 1 aromatic rings. The molecule has 2 rings (SSSR count). The molecule has 15 heavy (non-hydrogen) atoms. The molecule has 0 aromatic carbocycles. The van der Waals surface area contributed by atoms with Crippen molar-refractivity contribution in [3.63, 3.8) is 0 Å². The molecule has 1 aliphatic rings. The number of anilines is 1. The van der Waals surface area contributed by atoms with Crippen molar-refractivity contribution in [3.05, 3.63) is 5.82 Å². The molecule has 84 valence electrons. The minimum Gasteiger partial charge on any atom is -0.357 e. The molecule has 1 aliphatic carbocycles. The SMILES string of the molecule is Cc1nsc(NC2CCCCC2(C)C)n1. The van der Waals surface area contributed by atoms with E-state index in [0.717, 1.165) is 11.0 Å². The van der Waals surface area contributed by atoms with E-state index in [2.05, 4.69) is 28.5 Å². The van der Waals surface area contributed by atoms with E-state index in [0.29, 0.717) is 11.5 Å². The molecule has 1 fully saturated rings. The zero-order valence-corrected chi connectivity index (χ0v) is 10.5. The Bertz CT molecular complexity index is 332. The summed E-state index contributed by atoms with van der Waals surface area (Å²) in [5.41, 5.74) is 0.387. The van der Waals surface area contributed by atoms with Crippen molar-refractivity contribution in [1.82, 2.24) is 9.36 Å². The lowest BCUT2D eigenvalue weighted by molar-refractivity contribution is 0.217. The van der Waals surface area contributed by atoms with Crippen LogP contribution in [0.1, 0.15) is 45.4 Å². The molecular formula is C11H19N3S. The van der Waals surface area contributed by atoms with Crippen LogP contribution in [0.5, 0.6) is 0 Å². The highest BCUT2D eigenvalue weighted by Gasteiger charge is 2.32. The highest BCUT2D eigenvalue weighted by atomic mass is 32.1. The number of nitrogens with one attached hydrogen (secondary N) is 1. The van der Waals surface area contributed by atoms with Gasteiger partial charge in [-0.1, -0.05) is 26.7 Å². The van der Waals surface area contributed by atoms with Crippen LogP contribution in [0.2, 0.25) is 0 Å². The van der Waals surface area contributed by atoms with Crippen molar-refractivity contribution in [2.75, 3.05) is 5.32 Å². The van der Waals surface area contributed by atoms with E-state index in [1.54, 1.807) is 0 Å². The van der Waals surface area contributed by atoms with Crippen molar-refractivity contribution in [2.24, 2.45) is 5.41 Å². The summed E-state index contributed by atoms with van der Waals surface area (Å²) >= 11 is 1.47. The molecule has 1 N–H and O–H groups in total. The van der Waals surface area contributed by atoms with E-state index in [1.807, 2.05) is 6.92 Å². The molecule has 0 saturated heterocycles. The van der Waals surface area contributed by atoms with Crippen LogP contribution >= 0.6 is 11.5 Å². The molecule has 0 aliphatic heterocycles. The van der Waals surface area contributed by atoms with Gasteiger partial charge in [0.1, 0.15) is 5.82 Å². The highest BCUT2D eigenvalue weighted by Crippen LogP contribution is 2.37. The lowest BCUT2D eigenvalue weighted by Gasteiger charge is -2.38. The Hall–Kier alpha value is -0.640. The van der Waals surface area contributed by atoms with Crippen LogP contribution in [0.3, 0.4) is 0 Å². The van der Waals surface area contributed by atoms with Crippen LogP contribution in [-0.4, -0.2) is 15.4 Å². The second-order valence-electron chi connectivity index (χ2n) is 5.08. The fourth-order valence-corrected chi connectivity index (χ4v) is 2.89. The average Bonchev–Trinajstić information content (AvgIpc) is 2.55. The standard InChI is InChI=1S/C11H19N3S/c1-8-12-10(15-14-8)13-9-6-4-5-7-11(9,2)3/h9H,4-7H2,1-3H3,(H,12,13,14). The van der Waals surface area contributed by atoms with E-state index in [9.17, 15) is 0 Å². The fraction of sp³-hybridized carbons (Fsp3) is 0.818. The highest BCUT2D eigenvalue weighted by molar-refractivity contribution is 7.09. The monoisotopic (exact) mass is 225 g/mol. The minimum atomic E-state index is 0.387. The Morgan fingerprint density at radius 1 is 1.40 bits per heavy atom. The third-order valence-electron chi connectivity index (χ3n) is 3.33. The zero-order valence-electron chi connectivity index (χ0n) is 9.71. The van der Waals surface area contributed by atoms with Gasteiger partial charge in [0.2, 0.25) is 5.13 Å². The summed E-state index contributed by atoms with van der Waals surface area (Å²) in [6.07, 6.45) is 5.26. The Kier molecular flexibility index (Phi) is 2.96. The summed E-state index contributed by atoms with van der Waals surface area (Å²) in [5, 5.41) is 4.52. The maximum absolute atomic E-state index is 4.37. The Morgan fingerprint density at radius 2 is 2.20 bits per heavy atom. The first-order valence-corrected chi connectivity index (χ1v) is 6.42. The molecule has 0 bridgehead atoms. The molecule has 1 heterocycles. The quantitative estimate of drug-likeness (QED) is 0.839. The molecular weight excluding hydrogens is 206 g/mol.